The van der Waals surface area contributed by atoms with Crippen molar-refractivity contribution in [3.63, 3.8) is 0 Å². The van der Waals surface area contributed by atoms with Gasteiger partial charge in [-0.25, -0.2) is 8.42 Å². The molecule has 0 saturated carbocycles. The van der Waals surface area contributed by atoms with Crippen LogP contribution in [0.3, 0.4) is 0 Å². The molecule has 180 valence electrons. The summed E-state index contributed by atoms with van der Waals surface area (Å²) in [4.78, 5) is 12.6. The number of aryl methyl sites for hydroxylation is 1. The van der Waals surface area contributed by atoms with Crippen molar-refractivity contribution in [2.75, 3.05) is 18.0 Å². The van der Waals surface area contributed by atoms with E-state index in [4.69, 9.17) is 4.74 Å². The third-order valence-electron chi connectivity index (χ3n) is 5.00. The number of nitrogens with zero attached hydrogens (tertiary/aromatic N) is 1. The number of nitrogens with one attached hydrogen (secondary N) is 1. The highest BCUT2D eigenvalue weighted by Crippen LogP contribution is 2.29. The fourth-order valence-corrected chi connectivity index (χ4v) is 4.57. The van der Waals surface area contributed by atoms with Crippen molar-refractivity contribution < 1.29 is 31.1 Å². The summed E-state index contributed by atoms with van der Waals surface area (Å²) in [5, 5.41) is 2.50. The van der Waals surface area contributed by atoms with Gasteiger partial charge in [-0.2, -0.15) is 13.2 Å². The molecule has 0 unspecified atom stereocenters. The SMILES string of the molecule is COc1ccc(S(=O)(=O)N(CC(=O)NCc2cccc(C(F)(F)F)c2)c2ccc(C)cc2)cc1. The fraction of sp³-hybridized carbons (Fsp3) is 0.208. The molecule has 3 aromatic carbocycles. The zero-order valence-corrected chi connectivity index (χ0v) is 19.3. The van der Waals surface area contributed by atoms with E-state index < -0.39 is 34.2 Å². The number of rotatable bonds is 8. The third kappa shape index (κ3) is 6.07. The maximum atomic E-state index is 13.4. The molecule has 3 aromatic rings. The van der Waals surface area contributed by atoms with Crippen LogP contribution in [0.4, 0.5) is 18.9 Å². The van der Waals surface area contributed by atoms with Crippen molar-refractivity contribution in [2.24, 2.45) is 0 Å². The molecule has 1 N–H and O–H groups in total. The summed E-state index contributed by atoms with van der Waals surface area (Å²) in [6.45, 7) is 1.09. The summed E-state index contributed by atoms with van der Waals surface area (Å²) in [5.74, 6) is -0.199. The number of hydrogen-bond donors (Lipinski definition) is 1. The van der Waals surface area contributed by atoms with Gasteiger partial charge in [0.15, 0.2) is 0 Å². The van der Waals surface area contributed by atoms with E-state index in [1.165, 1.54) is 43.5 Å². The van der Waals surface area contributed by atoms with Crippen LogP contribution in [0.5, 0.6) is 5.75 Å². The number of halogens is 3. The zero-order valence-electron chi connectivity index (χ0n) is 18.5. The second-order valence-electron chi connectivity index (χ2n) is 7.50. The van der Waals surface area contributed by atoms with Gasteiger partial charge in [0.05, 0.1) is 23.3 Å². The predicted molar refractivity (Wildman–Crippen MR) is 122 cm³/mol. The summed E-state index contributed by atoms with van der Waals surface area (Å²) < 4.78 is 71.5. The minimum Gasteiger partial charge on any atom is -0.497 e. The first-order valence-corrected chi connectivity index (χ1v) is 11.6. The van der Waals surface area contributed by atoms with Crippen LogP contribution >= 0.6 is 0 Å². The Morgan fingerprint density at radius 1 is 1.00 bits per heavy atom. The lowest BCUT2D eigenvalue weighted by Gasteiger charge is -2.24. The van der Waals surface area contributed by atoms with Crippen LogP contribution in [0, 0.1) is 6.92 Å². The van der Waals surface area contributed by atoms with E-state index in [0.717, 1.165) is 22.0 Å². The first-order valence-electron chi connectivity index (χ1n) is 10.2. The number of sulfonamides is 1. The van der Waals surface area contributed by atoms with Crippen molar-refractivity contribution in [3.8, 4) is 5.75 Å². The minimum absolute atomic E-state index is 0.0421. The Bertz CT molecular complexity index is 1240. The Morgan fingerprint density at radius 3 is 2.24 bits per heavy atom. The van der Waals surface area contributed by atoms with E-state index in [0.29, 0.717) is 5.75 Å². The van der Waals surface area contributed by atoms with Crippen LogP contribution in [-0.4, -0.2) is 28.0 Å². The summed E-state index contributed by atoms with van der Waals surface area (Å²) in [5.41, 5.74) is 0.584. The number of amides is 1. The van der Waals surface area contributed by atoms with Gasteiger partial charge in [-0.15, -0.1) is 0 Å². The van der Waals surface area contributed by atoms with Gasteiger partial charge in [-0.1, -0.05) is 29.8 Å². The average molecular weight is 493 g/mol. The molecule has 0 heterocycles. The molecule has 0 saturated heterocycles. The van der Waals surface area contributed by atoms with E-state index >= 15 is 0 Å². The van der Waals surface area contributed by atoms with E-state index in [2.05, 4.69) is 5.32 Å². The van der Waals surface area contributed by atoms with Gasteiger partial charge in [0.1, 0.15) is 12.3 Å². The minimum atomic E-state index is -4.51. The standard InChI is InChI=1S/C24H23F3N2O4S/c1-17-6-8-20(9-7-17)29(34(31,32)22-12-10-21(33-2)11-13-22)16-23(30)28-15-18-4-3-5-19(14-18)24(25,26)27/h3-14H,15-16H2,1-2H3,(H,28,30). The van der Waals surface area contributed by atoms with E-state index in [1.54, 1.807) is 24.3 Å². The van der Waals surface area contributed by atoms with Crippen LogP contribution < -0.4 is 14.4 Å². The maximum Gasteiger partial charge on any atom is 0.416 e. The quantitative estimate of drug-likeness (QED) is 0.501. The van der Waals surface area contributed by atoms with E-state index in [9.17, 15) is 26.4 Å². The number of alkyl halides is 3. The molecule has 0 aromatic heterocycles. The summed E-state index contributed by atoms with van der Waals surface area (Å²) >= 11 is 0. The Kier molecular flexibility index (Phi) is 7.51. The van der Waals surface area contributed by atoms with Crippen molar-refractivity contribution in [1.29, 1.82) is 0 Å². The predicted octanol–water partition coefficient (Wildman–Crippen LogP) is 4.53. The molecule has 0 radical (unpaired) electrons. The monoisotopic (exact) mass is 492 g/mol. The van der Waals surface area contributed by atoms with Gasteiger partial charge in [0.25, 0.3) is 10.0 Å². The van der Waals surface area contributed by atoms with Crippen LogP contribution in [-0.2, 0) is 27.5 Å². The van der Waals surface area contributed by atoms with Crippen molar-refractivity contribution in [2.45, 2.75) is 24.5 Å². The molecular weight excluding hydrogens is 469 g/mol. The number of anilines is 1. The number of methoxy groups -OCH3 is 1. The van der Waals surface area contributed by atoms with Crippen molar-refractivity contribution >= 4 is 21.6 Å². The van der Waals surface area contributed by atoms with Gasteiger partial charge in [0.2, 0.25) is 5.91 Å². The fourth-order valence-electron chi connectivity index (χ4n) is 3.15. The molecule has 3 rings (SSSR count). The van der Waals surface area contributed by atoms with Crippen LogP contribution in [0.25, 0.3) is 0 Å². The molecule has 1 amide bonds. The van der Waals surface area contributed by atoms with Gasteiger partial charge in [-0.05, 0) is 61.0 Å². The van der Waals surface area contributed by atoms with Crippen LogP contribution in [0.15, 0.2) is 77.7 Å². The zero-order chi connectivity index (χ0) is 24.9. The lowest BCUT2D eigenvalue weighted by molar-refractivity contribution is -0.137. The van der Waals surface area contributed by atoms with Gasteiger partial charge < -0.3 is 10.1 Å². The van der Waals surface area contributed by atoms with E-state index in [1.807, 2.05) is 6.92 Å². The first kappa shape index (κ1) is 25.1. The van der Waals surface area contributed by atoms with Gasteiger partial charge >= 0.3 is 6.18 Å². The van der Waals surface area contributed by atoms with Gasteiger partial charge in [0, 0.05) is 6.54 Å². The second kappa shape index (κ2) is 10.2. The molecular formula is C24H23F3N2O4S. The largest absolute Gasteiger partial charge is 0.497 e. The Hall–Kier alpha value is -3.53. The molecule has 34 heavy (non-hydrogen) atoms. The number of benzene rings is 3. The lowest BCUT2D eigenvalue weighted by atomic mass is 10.1. The third-order valence-corrected chi connectivity index (χ3v) is 6.79. The molecule has 0 spiro atoms. The molecule has 10 heteroatoms. The highest BCUT2D eigenvalue weighted by Gasteiger charge is 2.30. The van der Waals surface area contributed by atoms with Crippen molar-refractivity contribution in [3.05, 3.63) is 89.5 Å². The Morgan fingerprint density at radius 2 is 1.65 bits per heavy atom. The first-order chi connectivity index (χ1) is 16.0. The maximum absolute atomic E-state index is 13.4. The molecule has 0 aliphatic heterocycles. The number of hydrogen-bond acceptors (Lipinski definition) is 4. The Labute approximate surface area is 196 Å². The van der Waals surface area contributed by atoms with E-state index in [-0.39, 0.29) is 22.7 Å². The molecule has 0 bridgehead atoms. The normalized spacial score (nSPS) is 11.7. The number of ether oxygens (including phenoxy) is 1. The molecule has 0 fully saturated rings. The molecule has 6 nitrogen and oxygen atoms in total. The molecule has 0 aliphatic carbocycles. The summed E-state index contributed by atoms with van der Waals surface area (Å²) in [7, 11) is -2.67. The highest BCUT2D eigenvalue weighted by atomic mass is 32.2. The summed E-state index contributed by atoms with van der Waals surface area (Å²) in [6.07, 6.45) is -4.51. The topological polar surface area (TPSA) is 75.7 Å². The van der Waals surface area contributed by atoms with Crippen LogP contribution in [0.2, 0.25) is 0 Å². The second-order valence-corrected chi connectivity index (χ2v) is 9.36. The summed E-state index contributed by atoms with van der Waals surface area (Å²) in [6, 6.07) is 16.9. The Balaban J connectivity index is 1.83. The smallest absolute Gasteiger partial charge is 0.416 e. The number of carbonyl (C=O) groups excluding carboxylic acids is 1. The van der Waals surface area contributed by atoms with Gasteiger partial charge in [-0.3, -0.25) is 9.10 Å². The number of carbonyl (C=O) groups is 1. The molecule has 0 aliphatic rings. The van der Waals surface area contributed by atoms with Crippen molar-refractivity contribution in [1.82, 2.24) is 5.32 Å². The lowest BCUT2D eigenvalue weighted by Crippen LogP contribution is -2.40. The average Bonchev–Trinajstić information content (AvgIpc) is 2.81. The highest BCUT2D eigenvalue weighted by molar-refractivity contribution is 7.92. The van der Waals surface area contributed by atoms with Crippen LogP contribution in [0.1, 0.15) is 16.7 Å². The molecule has 0 atom stereocenters.